The van der Waals surface area contributed by atoms with E-state index in [0.717, 1.165) is 10.7 Å². The third-order valence-corrected chi connectivity index (χ3v) is 5.53. The molecule has 1 unspecified atom stereocenters. The molecule has 1 atom stereocenters. The van der Waals surface area contributed by atoms with E-state index in [4.69, 9.17) is 19.9 Å². The van der Waals surface area contributed by atoms with Gasteiger partial charge in [-0.1, -0.05) is 0 Å². The number of hydrogen-bond donors (Lipinski definition) is 3. The van der Waals surface area contributed by atoms with E-state index in [0.29, 0.717) is 11.3 Å². The molecule has 0 aliphatic rings. The monoisotopic (exact) mass is 536 g/mol. The van der Waals surface area contributed by atoms with Crippen molar-refractivity contribution in [1.29, 1.82) is 0 Å². The molecule has 4 N–H and O–H groups in total. The van der Waals surface area contributed by atoms with Gasteiger partial charge in [0, 0.05) is 49.7 Å². The fourth-order valence-electron chi connectivity index (χ4n) is 3.74. The second-order valence-electron chi connectivity index (χ2n) is 8.00. The Morgan fingerprint density at radius 3 is 2.46 bits per heavy atom. The molecule has 0 aliphatic heterocycles. The van der Waals surface area contributed by atoms with Gasteiger partial charge in [-0.3, -0.25) is 14.8 Å². The van der Waals surface area contributed by atoms with Crippen LogP contribution in [0.1, 0.15) is 29.9 Å². The van der Waals surface area contributed by atoms with E-state index in [2.05, 4.69) is 30.4 Å². The first-order valence-electron chi connectivity index (χ1n) is 11.4. The Morgan fingerprint density at radius 1 is 1.13 bits per heavy atom. The Balaban J connectivity index is 1.87. The molecule has 0 fully saturated rings. The van der Waals surface area contributed by atoms with Crippen molar-refractivity contribution in [3.05, 3.63) is 82.0 Å². The number of aromatic amines is 1. The number of carbonyl (C=O) groups is 1. The van der Waals surface area contributed by atoms with Crippen molar-refractivity contribution in [3.8, 4) is 23.2 Å². The second kappa shape index (κ2) is 11.4. The Labute approximate surface area is 221 Å². The SMILES string of the molecule is CN=C(N)c1ccc(NC(c2nn(-c3ncccn3)c(=O)[nH]2)c2cc(OC)c(OC)cc2F)cc1OC(C)=O. The standard InChI is InChI=1S/C25H25FN8O5/c1-13(35)39-18-10-14(6-7-15(18)22(27)28-2)31-21(16-11-19(37-3)20(38-4)12-17(16)26)23-32-25(36)34(33-23)24-29-8-5-9-30-24/h5-12,21,31H,1-4H3,(H2,27,28)(H,32,33,36). The third-order valence-electron chi connectivity index (χ3n) is 5.53. The molecule has 0 saturated heterocycles. The second-order valence-corrected chi connectivity index (χ2v) is 8.00. The molecule has 0 aliphatic carbocycles. The zero-order chi connectivity index (χ0) is 28.1. The average molecular weight is 537 g/mol. The van der Waals surface area contributed by atoms with Crippen molar-refractivity contribution in [1.82, 2.24) is 24.7 Å². The number of carbonyl (C=O) groups excluding carboxylic acids is 1. The summed E-state index contributed by atoms with van der Waals surface area (Å²) in [5.41, 5.74) is 6.13. The summed E-state index contributed by atoms with van der Waals surface area (Å²) in [6, 6.07) is 7.80. The van der Waals surface area contributed by atoms with Gasteiger partial charge in [0.2, 0.25) is 0 Å². The molecule has 39 heavy (non-hydrogen) atoms. The maximum absolute atomic E-state index is 15.5. The van der Waals surface area contributed by atoms with E-state index in [1.807, 2.05) is 0 Å². The van der Waals surface area contributed by atoms with E-state index < -0.39 is 23.5 Å². The molecule has 0 bridgehead atoms. The molecule has 0 saturated carbocycles. The lowest BCUT2D eigenvalue weighted by Gasteiger charge is -2.21. The Hall–Kier alpha value is -5.27. The van der Waals surface area contributed by atoms with Gasteiger partial charge in [0.05, 0.1) is 19.8 Å². The summed E-state index contributed by atoms with van der Waals surface area (Å²) in [6.07, 6.45) is 2.91. The van der Waals surface area contributed by atoms with Gasteiger partial charge in [-0.15, -0.1) is 9.78 Å². The molecule has 14 heteroatoms. The molecule has 2 aromatic heterocycles. The van der Waals surface area contributed by atoms with Gasteiger partial charge < -0.3 is 25.3 Å². The summed E-state index contributed by atoms with van der Waals surface area (Å²) in [4.78, 5) is 39.2. The highest BCUT2D eigenvalue weighted by atomic mass is 19.1. The Bertz CT molecular complexity index is 1590. The number of benzene rings is 2. The lowest BCUT2D eigenvalue weighted by atomic mass is 10.0. The fraction of sp³-hybridized carbons (Fsp3) is 0.200. The van der Waals surface area contributed by atoms with Crippen LogP contribution in [0.2, 0.25) is 0 Å². The van der Waals surface area contributed by atoms with Crippen LogP contribution in [0.15, 0.2) is 58.6 Å². The number of rotatable bonds is 9. The number of halogens is 1. The number of aliphatic imine (C=N–C) groups is 1. The van der Waals surface area contributed by atoms with Gasteiger partial charge in [0.1, 0.15) is 23.4 Å². The van der Waals surface area contributed by atoms with Gasteiger partial charge in [-0.25, -0.2) is 19.2 Å². The van der Waals surface area contributed by atoms with Crippen molar-refractivity contribution in [2.45, 2.75) is 13.0 Å². The maximum Gasteiger partial charge on any atom is 0.350 e. The number of anilines is 1. The Morgan fingerprint density at radius 2 is 1.82 bits per heavy atom. The lowest BCUT2D eigenvalue weighted by molar-refractivity contribution is -0.131. The van der Waals surface area contributed by atoms with Crippen LogP contribution in [-0.2, 0) is 4.79 Å². The summed E-state index contributed by atoms with van der Waals surface area (Å²) < 4.78 is 32.3. The number of esters is 1. The normalized spacial score (nSPS) is 12.1. The fourth-order valence-corrected chi connectivity index (χ4v) is 3.74. The molecule has 0 amide bonds. The highest BCUT2D eigenvalue weighted by Gasteiger charge is 2.26. The summed E-state index contributed by atoms with van der Waals surface area (Å²) >= 11 is 0. The molecule has 2 aromatic carbocycles. The number of amidine groups is 1. The highest BCUT2D eigenvalue weighted by molar-refractivity contribution is 6.01. The molecular weight excluding hydrogens is 511 g/mol. The van der Waals surface area contributed by atoms with Crippen molar-refractivity contribution in [2.24, 2.45) is 10.7 Å². The van der Waals surface area contributed by atoms with Crippen LogP contribution in [0.5, 0.6) is 17.2 Å². The van der Waals surface area contributed by atoms with E-state index >= 15 is 4.39 Å². The number of methoxy groups -OCH3 is 2. The van der Waals surface area contributed by atoms with E-state index in [9.17, 15) is 9.59 Å². The first-order chi connectivity index (χ1) is 18.7. The van der Waals surface area contributed by atoms with Crippen LogP contribution in [-0.4, -0.2) is 57.8 Å². The van der Waals surface area contributed by atoms with Gasteiger partial charge in [0.25, 0.3) is 5.95 Å². The largest absolute Gasteiger partial charge is 0.493 e. The van der Waals surface area contributed by atoms with Crippen LogP contribution < -0.4 is 31.0 Å². The number of hydrogen-bond acceptors (Lipinski definition) is 10. The smallest absolute Gasteiger partial charge is 0.350 e. The number of H-pyrrole nitrogens is 1. The molecular formula is C25H25FN8O5. The maximum atomic E-state index is 15.5. The Kier molecular flexibility index (Phi) is 7.84. The lowest BCUT2D eigenvalue weighted by Crippen LogP contribution is -2.19. The molecule has 13 nitrogen and oxygen atoms in total. The number of nitrogens with one attached hydrogen (secondary N) is 2. The first-order valence-corrected chi connectivity index (χ1v) is 11.4. The highest BCUT2D eigenvalue weighted by Crippen LogP contribution is 2.36. The van der Waals surface area contributed by atoms with Crippen LogP contribution in [0.4, 0.5) is 10.1 Å². The van der Waals surface area contributed by atoms with Crippen LogP contribution in [0.3, 0.4) is 0 Å². The molecule has 4 aromatic rings. The number of aromatic nitrogens is 5. The molecule has 0 radical (unpaired) electrons. The minimum Gasteiger partial charge on any atom is -0.493 e. The number of nitrogens with zero attached hydrogens (tertiary/aromatic N) is 5. The molecule has 0 spiro atoms. The van der Waals surface area contributed by atoms with Crippen molar-refractivity contribution in [3.63, 3.8) is 0 Å². The van der Waals surface area contributed by atoms with Crippen LogP contribution in [0.25, 0.3) is 5.95 Å². The summed E-state index contributed by atoms with van der Waals surface area (Å²) in [5.74, 6) is -0.507. The molecule has 4 rings (SSSR count). The van der Waals surface area contributed by atoms with E-state index in [-0.39, 0.29) is 40.4 Å². The zero-order valence-electron chi connectivity index (χ0n) is 21.4. The summed E-state index contributed by atoms with van der Waals surface area (Å²) in [7, 11) is 4.29. The number of ether oxygens (including phenoxy) is 3. The van der Waals surface area contributed by atoms with Gasteiger partial charge in [-0.2, -0.15) is 0 Å². The first kappa shape index (κ1) is 26.8. The summed E-state index contributed by atoms with van der Waals surface area (Å²) in [5, 5.41) is 7.46. The minimum absolute atomic E-state index is 0.0207. The van der Waals surface area contributed by atoms with Gasteiger partial charge in [-0.05, 0) is 24.3 Å². The van der Waals surface area contributed by atoms with Crippen molar-refractivity contribution >= 4 is 17.5 Å². The van der Waals surface area contributed by atoms with Gasteiger partial charge in [0.15, 0.2) is 17.3 Å². The third kappa shape index (κ3) is 5.69. The summed E-state index contributed by atoms with van der Waals surface area (Å²) in [6.45, 7) is 1.24. The minimum atomic E-state index is -1.07. The van der Waals surface area contributed by atoms with E-state index in [1.54, 1.807) is 18.2 Å². The quantitative estimate of drug-likeness (QED) is 0.124. The number of nitrogens with two attached hydrogens (primary N) is 1. The molecule has 202 valence electrons. The zero-order valence-corrected chi connectivity index (χ0v) is 21.4. The average Bonchev–Trinajstić information content (AvgIpc) is 3.32. The van der Waals surface area contributed by atoms with Crippen molar-refractivity contribution < 1.29 is 23.4 Å². The van der Waals surface area contributed by atoms with Gasteiger partial charge >= 0.3 is 11.7 Å². The topological polar surface area (TPSA) is 172 Å². The molecule has 2 heterocycles. The van der Waals surface area contributed by atoms with Crippen molar-refractivity contribution in [2.75, 3.05) is 26.6 Å². The van der Waals surface area contributed by atoms with Crippen LogP contribution >= 0.6 is 0 Å². The van der Waals surface area contributed by atoms with Crippen LogP contribution in [0, 0.1) is 5.82 Å². The van der Waals surface area contributed by atoms with E-state index in [1.165, 1.54) is 52.7 Å². The predicted octanol–water partition coefficient (Wildman–Crippen LogP) is 1.97. The predicted molar refractivity (Wildman–Crippen MR) is 139 cm³/mol.